The molecule has 0 atom stereocenters. The molecule has 0 unspecified atom stereocenters. The highest BCUT2D eigenvalue weighted by atomic mass is 35.5. The summed E-state index contributed by atoms with van der Waals surface area (Å²) in [7, 11) is 0. The van der Waals surface area contributed by atoms with Crippen LogP contribution < -0.4 is 15.7 Å². The Bertz CT molecular complexity index is 968. The van der Waals surface area contributed by atoms with Crippen LogP contribution in [0.3, 0.4) is 0 Å². The van der Waals surface area contributed by atoms with E-state index in [-0.39, 0.29) is 12.5 Å². The third-order valence-electron chi connectivity index (χ3n) is 3.16. The number of amides is 1. The number of anilines is 1. The van der Waals surface area contributed by atoms with Gasteiger partial charge < -0.3 is 14.5 Å². The minimum Gasteiger partial charge on any atom is -0.482 e. The number of benzene rings is 2. The second kappa shape index (κ2) is 6.95. The number of carbonyl (C=O) groups excluding carboxylic acids is 1. The summed E-state index contributed by atoms with van der Waals surface area (Å²) in [6.45, 7) is -0.205. The van der Waals surface area contributed by atoms with Crippen LogP contribution in [-0.4, -0.2) is 12.5 Å². The van der Waals surface area contributed by atoms with E-state index in [1.165, 1.54) is 12.1 Å². The standard InChI is InChI=1S/C17H11Cl2NO4/c18-11-2-4-15(13(19)8-11)23-9-16(21)20-12-3-5-14-10(7-12)1-6-17(22)24-14/h1-8H,9H2,(H,20,21). The number of hydrogen-bond acceptors (Lipinski definition) is 4. The maximum absolute atomic E-state index is 12.0. The van der Waals surface area contributed by atoms with Gasteiger partial charge in [-0.3, -0.25) is 4.79 Å². The van der Waals surface area contributed by atoms with Crippen LogP contribution >= 0.6 is 23.2 Å². The first kappa shape index (κ1) is 16.4. The number of halogens is 2. The predicted molar refractivity (Wildman–Crippen MR) is 93.1 cm³/mol. The fourth-order valence-corrected chi connectivity index (χ4v) is 2.55. The van der Waals surface area contributed by atoms with Crippen LogP contribution in [0.2, 0.25) is 10.0 Å². The van der Waals surface area contributed by atoms with Gasteiger partial charge in [0.25, 0.3) is 5.91 Å². The SMILES string of the molecule is O=C(COc1ccc(Cl)cc1Cl)Nc1ccc2oc(=O)ccc2c1. The molecule has 0 aliphatic carbocycles. The molecular formula is C17H11Cl2NO4. The zero-order valence-electron chi connectivity index (χ0n) is 12.2. The largest absolute Gasteiger partial charge is 0.482 e. The summed E-state index contributed by atoms with van der Waals surface area (Å²) in [5.74, 6) is 0.0225. The Morgan fingerprint density at radius 3 is 2.71 bits per heavy atom. The molecule has 0 saturated carbocycles. The first-order valence-corrected chi connectivity index (χ1v) is 7.68. The third-order valence-corrected chi connectivity index (χ3v) is 3.69. The minimum atomic E-state index is -0.424. The van der Waals surface area contributed by atoms with Gasteiger partial charge in [-0.15, -0.1) is 0 Å². The molecule has 1 aromatic heterocycles. The molecule has 0 aliphatic rings. The van der Waals surface area contributed by atoms with Crippen molar-refractivity contribution in [3.05, 3.63) is 69.0 Å². The van der Waals surface area contributed by atoms with Gasteiger partial charge in [-0.05, 0) is 42.5 Å². The normalized spacial score (nSPS) is 10.6. The van der Waals surface area contributed by atoms with E-state index in [0.29, 0.717) is 32.5 Å². The van der Waals surface area contributed by atoms with Gasteiger partial charge in [0.05, 0.1) is 5.02 Å². The maximum Gasteiger partial charge on any atom is 0.336 e. The molecule has 3 rings (SSSR count). The van der Waals surface area contributed by atoms with Gasteiger partial charge in [-0.2, -0.15) is 0 Å². The minimum absolute atomic E-state index is 0.205. The fourth-order valence-electron chi connectivity index (χ4n) is 2.08. The second-order valence-electron chi connectivity index (χ2n) is 4.92. The average Bonchev–Trinajstić information content (AvgIpc) is 2.54. The Morgan fingerprint density at radius 1 is 1.08 bits per heavy atom. The quantitative estimate of drug-likeness (QED) is 0.708. The third kappa shape index (κ3) is 3.88. The summed E-state index contributed by atoms with van der Waals surface area (Å²) in [6.07, 6.45) is 0. The molecular weight excluding hydrogens is 353 g/mol. The molecule has 1 amide bonds. The summed E-state index contributed by atoms with van der Waals surface area (Å²) in [6, 6.07) is 12.6. The molecule has 0 aliphatic heterocycles. The van der Waals surface area contributed by atoms with Gasteiger partial charge in [0, 0.05) is 22.2 Å². The molecule has 1 heterocycles. The molecule has 0 saturated heterocycles. The van der Waals surface area contributed by atoms with Crippen LogP contribution in [0, 0.1) is 0 Å². The Balaban J connectivity index is 1.66. The Labute approximate surface area is 146 Å². The highest BCUT2D eigenvalue weighted by Crippen LogP contribution is 2.27. The molecule has 7 heteroatoms. The Morgan fingerprint density at radius 2 is 1.92 bits per heavy atom. The average molecular weight is 364 g/mol. The summed E-state index contributed by atoms with van der Waals surface area (Å²) >= 11 is 11.8. The smallest absolute Gasteiger partial charge is 0.336 e. The molecule has 24 heavy (non-hydrogen) atoms. The molecule has 2 aromatic carbocycles. The zero-order chi connectivity index (χ0) is 17.1. The highest BCUT2D eigenvalue weighted by molar-refractivity contribution is 6.35. The number of rotatable bonds is 4. The van der Waals surface area contributed by atoms with Crippen molar-refractivity contribution in [2.75, 3.05) is 11.9 Å². The number of fused-ring (bicyclic) bond motifs is 1. The summed E-state index contributed by atoms with van der Waals surface area (Å²) in [4.78, 5) is 23.1. The Hall–Kier alpha value is -2.50. The molecule has 0 radical (unpaired) electrons. The maximum atomic E-state index is 12.0. The van der Waals surface area contributed by atoms with E-state index in [0.717, 1.165) is 0 Å². The van der Waals surface area contributed by atoms with E-state index in [1.54, 1.807) is 36.4 Å². The van der Waals surface area contributed by atoms with Crippen molar-refractivity contribution < 1.29 is 13.9 Å². The molecule has 5 nitrogen and oxygen atoms in total. The van der Waals surface area contributed by atoms with E-state index in [4.69, 9.17) is 32.4 Å². The summed E-state index contributed by atoms with van der Waals surface area (Å²) < 4.78 is 10.4. The zero-order valence-corrected chi connectivity index (χ0v) is 13.7. The van der Waals surface area contributed by atoms with Gasteiger partial charge in [0.1, 0.15) is 11.3 Å². The van der Waals surface area contributed by atoms with Crippen LogP contribution in [0.15, 0.2) is 57.7 Å². The molecule has 0 bridgehead atoms. The topological polar surface area (TPSA) is 68.5 Å². The lowest BCUT2D eigenvalue weighted by molar-refractivity contribution is -0.118. The molecule has 122 valence electrons. The monoisotopic (exact) mass is 363 g/mol. The number of hydrogen-bond donors (Lipinski definition) is 1. The van der Waals surface area contributed by atoms with E-state index >= 15 is 0 Å². The van der Waals surface area contributed by atoms with Gasteiger partial charge >= 0.3 is 5.63 Å². The van der Waals surface area contributed by atoms with E-state index in [9.17, 15) is 9.59 Å². The van der Waals surface area contributed by atoms with Gasteiger partial charge in [0.2, 0.25) is 0 Å². The van der Waals surface area contributed by atoms with Crippen LogP contribution in [0.5, 0.6) is 5.75 Å². The first-order chi connectivity index (χ1) is 11.5. The van der Waals surface area contributed by atoms with E-state index in [2.05, 4.69) is 5.32 Å². The Kier molecular flexibility index (Phi) is 4.74. The first-order valence-electron chi connectivity index (χ1n) is 6.93. The van der Waals surface area contributed by atoms with Gasteiger partial charge in [-0.1, -0.05) is 23.2 Å². The van der Waals surface area contributed by atoms with Crippen molar-refractivity contribution in [1.29, 1.82) is 0 Å². The lowest BCUT2D eigenvalue weighted by Gasteiger charge is -2.09. The van der Waals surface area contributed by atoms with Crippen LogP contribution in [0.25, 0.3) is 11.0 Å². The van der Waals surface area contributed by atoms with Crippen molar-refractivity contribution in [2.45, 2.75) is 0 Å². The predicted octanol–water partition coefficient (Wildman–Crippen LogP) is 4.12. The van der Waals surface area contributed by atoms with Crippen molar-refractivity contribution in [3.63, 3.8) is 0 Å². The summed E-state index contributed by atoms with van der Waals surface area (Å²) in [5.41, 5.74) is 0.587. The number of nitrogens with one attached hydrogen (secondary N) is 1. The molecule has 0 fully saturated rings. The number of ether oxygens (including phenoxy) is 1. The highest BCUT2D eigenvalue weighted by Gasteiger charge is 2.08. The lowest BCUT2D eigenvalue weighted by atomic mass is 10.2. The molecule has 3 aromatic rings. The lowest BCUT2D eigenvalue weighted by Crippen LogP contribution is -2.20. The van der Waals surface area contributed by atoms with E-state index < -0.39 is 5.63 Å². The van der Waals surface area contributed by atoms with Crippen molar-refractivity contribution in [3.8, 4) is 5.75 Å². The van der Waals surface area contributed by atoms with Gasteiger partial charge in [0.15, 0.2) is 6.61 Å². The number of carbonyl (C=O) groups is 1. The summed E-state index contributed by atoms with van der Waals surface area (Å²) in [5, 5.41) is 4.22. The van der Waals surface area contributed by atoms with Crippen LogP contribution in [0.1, 0.15) is 0 Å². The van der Waals surface area contributed by atoms with Gasteiger partial charge in [-0.25, -0.2) is 4.79 Å². The molecule has 1 N–H and O–H groups in total. The van der Waals surface area contributed by atoms with Crippen LogP contribution in [0.4, 0.5) is 5.69 Å². The fraction of sp³-hybridized carbons (Fsp3) is 0.0588. The van der Waals surface area contributed by atoms with E-state index in [1.807, 2.05) is 0 Å². The second-order valence-corrected chi connectivity index (χ2v) is 5.76. The van der Waals surface area contributed by atoms with Crippen molar-refractivity contribution in [1.82, 2.24) is 0 Å². The van der Waals surface area contributed by atoms with Crippen LogP contribution in [-0.2, 0) is 4.79 Å². The van der Waals surface area contributed by atoms with Crippen molar-refractivity contribution in [2.24, 2.45) is 0 Å². The molecule has 0 spiro atoms. The van der Waals surface area contributed by atoms with Crippen molar-refractivity contribution >= 4 is 45.8 Å².